The molecule has 0 radical (unpaired) electrons. The maximum Gasteiger partial charge on any atom is 0.318 e. The van der Waals surface area contributed by atoms with Crippen LogP contribution in [0, 0.1) is 11.3 Å². The molecule has 11 rings (SSSR count). The van der Waals surface area contributed by atoms with Crippen LogP contribution in [0.2, 0.25) is 5.02 Å². The second-order valence-electron chi connectivity index (χ2n) is 23.4. The van der Waals surface area contributed by atoms with Gasteiger partial charge >= 0.3 is 6.01 Å². The van der Waals surface area contributed by atoms with Crippen LogP contribution in [0.25, 0.3) is 33.1 Å². The third-order valence-corrected chi connectivity index (χ3v) is 17.5. The molecule has 0 aliphatic carbocycles. The molecule has 4 atom stereocenters. The molecule has 440 valence electrons. The van der Waals surface area contributed by atoms with E-state index < -0.39 is 0 Å². The summed E-state index contributed by atoms with van der Waals surface area (Å²) in [6.07, 6.45) is 5.01. The molecular weight excluding hydrogens is 1070 g/mol. The lowest BCUT2D eigenvalue weighted by molar-refractivity contribution is -0.0381. The Morgan fingerprint density at radius 1 is 0.843 bits per heavy atom. The number of likely N-dealkylation sites (N-methyl/N-ethyl adjacent to an activating group) is 1. The number of hydrogen-bond donors (Lipinski definition) is 1. The van der Waals surface area contributed by atoms with Gasteiger partial charge in [-0.05, 0) is 115 Å². The van der Waals surface area contributed by atoms with E-state index >= 15 is 0 Å². The Balaban J connectivity index is 0.641. The summed E-state index contributed by atoms with van der Waals surface area (Å²) in [6.45, 7) is 20.6. The van der Waals surface area contributed by atoms with Gasteiger partial charge in [-0.3, -0.25) is 14.6 Å². The molecule has 1 amide bonds. The Kier molecular flexibility index (Phi) is 18.7. The molecule has 8 heterocycles. The molecule has 4 saturated heterocycles. The normalized spacial score (nSPS) is 20.9. The van der Waals surface area contributed by atoms with Crippen LogP contribution in [-0.2, 0) is 31.9 Å². The van der Waals surface area contributed by atoms with Gasteiger partial charge in [-0.25, -0.2) is 4.98 Å². The molecule has 0 saturated carbocycles. The summed E-state index contributed by atoms with van der Waals surface area (Å²) in [4.78, 5) is 53.0. The van der Waals surface area contributed by atoms with Crippen molar-refractivity contribution in [2.24, 2.45) is 0 Å². The summed E-state index contributed by atoms with van der Waals surface area (Å²) in [6, 6.07) is 27.5. The highest BCUT2D eigenvalue weighted by molar-refractivity contribution is 6.36. The van der Waals surface area contributed by atoms with Crippen molar-refractivity contribution >= 4 is 62.6 Å². The van der Waals surface area contributed by atoms with E-state index in [2.05, 4.69) is 99.8 Å². The zero-order chi connectivity index (χ0) is 57.5. The molecular formula is C63H80ClN13O6. The first-order chi connectivity index (χ1) is 40.4. The van der Waals surface area contributed by atoms with Crippen molar-refractivity contribution < 1.29 is 28.5 Å². The summed E-state index contributed by atoms with van der Waals surface area (Å²) in [5.74, 6) is 2.26. The number of carbonyl (C=O) groups is 1. The summed E-state index contributed by atoms with van der Waals surface area (Å²) < 4.78 is 30.5. The Morgan fingerprint density at radius 3 is 2.47 bits per heavy atom. The lowest BCUT2D eigenvalue weighted by Crippen LogP contribution is -2.52. The Bertz CT molecular complexity index is 3270. The number of halogens is 1. The SMILES string of the molecule is CC1COCCN1c1nc(N2CCOC[C@H]2C)c2ccc(-c3cccc(C(=O)NCCOCCCOC(C)(C)CCN4CCCC4COc4nc5c(c(N6CCN(C)C(CC#N)C6)n4)CCN(c4cccc6cccc(Cl)c46)C5)c3)nc2n1. The maximum atomic E-state index is 13.4. The Labute approximate surface area is 493 Å². The van der Waals surface area contributed by atoms with E-state index in [0.29, 0.717) is 102 Å². The van der Waals surface area contributed by atoms with E-state index in [0.717, 1.165) is 139 Å². The fourth-order valence-corrected chi connectivity index (χ4v) is 12.6. The minimum Gasteiger partial charge on any atom is -0.462 e. The molecule has 3 aromatic carbocycles. The second-order valence-corrected chi connectivity index (χ2v) is 23.8. The number of ether oxygens (including phenoxy) is 5. The van der Waals surface area contributed by atoms with Crippen molar-refractivity contribution in [2.45, 2.75) is 103 Å². The average Bonchev–Trinajstić information content (AvgIpc) is 4.14. The smallest absolute Gasteiger partial charge is 0.318 e. The van der Waals surface area contributed by atoms with Crippen LogP contribution in [0.5, 0.6) is 6.01 Å². The van der Waals surface area contributed by atoms with Gasteiger partial charge in [0, 0.05) is 105 Å². The quantitative estimate of drug-likeness (QED) is 0.0680. The molecule has 6 aromatic rings. The third-order valence-electron chi connectivity index (χ3n) is 17.2. The van der Waals surface area contributed by atoms with Crippen molar-refractivity contribution in [2.75, 3.05) is 138 Å². The van der Waals surface area contributed by atoms with E-state index in [-0.39, 0.29) is 35.7 Å². The lowest BCUT2D eigenvalue weighted by atomic mass is 10.0. The largest absolute Gasteiger partial charge is 0.462 e. The van der Waals surface area contributed by atoms with Crippen LogP contribution in [0.1, 0.15) is 81.4 Å². The molecule has 0 bridgehead atoms. The number of fused-ring (bicyclic) bond motifs is 3. The average molecular weight is 1150 g/mol. The zero-order valence-corrected chi connectivity index (χ0v) is 49.7. The summed E-state index contributed by atoms with van der Waals surface area (Å²) >= 11 is 6.83. The number of piperazine rings is 1. The van der Waals surface area contributed by atoms with Crippen LogP contribution in [0.15, 0.2) is 72.8 Å². The van der Waals surface area contributed by atoms with Gasteiger partial charge in [0.15, 0.2) is 5.65 Å². The topological polar surface area (TPSA) is 183 Å². The van der Waals surface area contributed by atoms with E-state index in [1.807, 2.05) is 48.5 Å². The summed E-state index contributed by atoms with van der Waals surface area (Å²) in [5.41, 5.74) is 5.62. The first kappa shape index (κ1) is 58.3. The fraction of sp³-hybridized carbons (Fsp3) is 0.540. The second kappa shape index (κ2) is 26.6. The number of hydrogen-bond acceptors (Lipinski definition) is 18. The number of amides is 1. The highest BCUT2D eigenvalue weighted by Gasteiger charge is 2.34. The number of nitrogens with zero attached hydrogens (tertiary/aromatic N) is 12. The highest BCUT2D eigenvalue weighted by atomic mass is 35.5. The first-order valence-corrected chi connectivity index (χ1v) is 30.3. The monoisotopic (exact) mass is 1150 g/mol. The number of carbonyl (C=O) groups excluding carboxylic acids is 1. The fourth-order valence-electron chi connectivity index (χ4n) is 12.3. The molecule has 0 spiro atoms. The van der Waals surface area contributed by atoms with E-state index in [1.165, 1.54) is 0 Å². The van der Waals surface area contributed by atoms with Crippen LogP contribution < -0.4 is 29.7 Å². The minimum atomic E-state index is -0.329. The number of rotatable bonds is 21. The minimum absolute atomic E-state index is 0.123. The highest BCUT2D eigenvalue weighted by Crippen LogP contribution is 2.38. The van der Waals surface area contributed by atoms with Gasteiger partial charge in [-0.1, -0.05) is 48.0 Å². The third kappa shape index (κ3) is 13.7. The van der Waals surface area contributed by atoms with Gasteiger partial charge in [-0.15, -0.1) is 0 Å². The number of nitriles is 1. The van der Waals surface area contributed by atoms with Crippen LogP contribution in [0.4, 0.5) is 23.3 Å². The standard InChI is InChI=1S/C63H80ClN13O6/c1-43-40-80-35-30-76(43)59-51-18-19-53(67-57(51)69-61(70-59)77-31-36-81-41-44(77)2)46-13-6-14-47(37-46)60(78)66-24-34-79-32-10-33-83-63(3,4)22-27-73-25-9-15-49(73)42-82-62-68-54-39-74(55-17-8-12-45-11-7-16-52(64)56(45)55)26-21-50(54)58(71-62)75-29-28-72(5)48(38-75)20-23-65/h6-8,11-14,16-19,37,43-44,48-49H,9-10,15,20-22,24-36,38-42H2,1-5H3,(H,66,78)/t43-,44?,48?,49?/m1/s1. The first-order valence-electron chi connectivity index (χ1n) is 29.9. The van der Waals surface area contributed by atoms with Gasteiger partial charge < -0.3 is 48.6 Å². The van der Waals surface area contributed by atoms with Crippen molar-refractivity contribution in [1.29, 1.82) is 5.26 Å². The van der Waals surface area contributed by atoms with Crippen molar-refractivity contribution in [3.8, 4) is 23.3 Å². The number of likely N-dealkylation sites (tertiary alicyclic amines) is 1. The van der Waals surface area contributed by atoms with Gasteiger partial charge in [-0.2, -0.15) is 25.2 Å². The van der Waals surface area contributed by atoms with E-state index in [4.69, 9.17) is 60.2 Å². The Hall–Kier alpha value is -6.50. The number of pyridine rings is 1. The summed E-state index contributed by atoms with van der Waals surface area (Å²) in [7, 11) is 2.10. The molecule has 3 unspecified atom stereocenters. The van der Waals surface area contributed by atoms with Crippen LogP contribution in [-0.4, -0.2) is 189 Å². The van der Waals surface area contributed by atoms with Crippen molar-refractivity contribution in [3.05, 3.63) is 94.6 Å². The van der Waals surface area contributed by atoms with E-state index in [9.17, 15) is 10.1 Å². The molecule has 4 fully saturated rings. The zero-order valence-electron chi connectivity index (χ0n) is 48.9. The maximum absolute atomic E-state index is 13.4. The number of nitrogens with one attached hydrogen (secondary N) is 1. The molecule has 3 aromatic heterocycles. The van der Waals surface area contributed by atoms with Gasteiger partial charge in [0.1, 0.15) is 18.2 Å². The van der Waals surface area contributed by atoms with Gasteiger partial charge in [0.25, 0.3) is 5.91 Å². The molecule has 5 aliphatic rings. The number of anilines is 4. The Morgan fingerprint density at radius 2 is 1.65 bits per heavy atom. The molecule has 5 aliphatic heterocycles. The predicted molar refractivity (Wildman–Crippen MR) is 325 cm³/mol. The van der Waals surface area contributed by atoms with E-state index in [1.54, 1.807) is 0 Å². The molecule has 19 nitrogen and oxygen atoms in total. The number of morpholine rings is 2. The summed E-state index contributed by atoms with van der Waals surface area (Å²) in [5, 5.41) is 16.5. The molecule has 83 heavy (non-hydrogen) atoms. The number of aromatic nitrogens is 5. The van der Waals surface area contributed by atoms with Crippen LogP contribution >= 0.6 is 11.6 Å². The molecule has 1 N–H and O–H groups in total. The molecule has 20 heteroatoms. The lowest BCUT2D eigenvalue weighted by Gasteiger charge is -2.41. The predicted octanol–water partition coefficient (Wildman–Crippen LogP) is 8.20. The van der Waals surface area contributed by atoms with Gasteiger partial charge in [0.05, 0.1) is 91.6 Å². The van der Waals surface area contributed by atoms with Crippen LogP contribution in [0.3, 0.4) is 0 Å². The van der Waals surface area contributed by atoms with Crippen molar-refractivity contribution in [3.63, 3.8) is 0 Å². The number of benzene rings is 3. The van der Waals surface area contributed by atoms with Gasteiger partial charge in [0.2, 0.25) is 5.95 Å². The van der Waals surface area contributed by atoms with Crippen molar-refractivity contribution in [1.82, 2.24) is 40.0 Å².